The number of aliphatic hydroxyl groups is 1. The number of pyridine rings is 1. The minimum atomic E-state index is 0.195. The number of hydrogen-bond acceptors (Lipinski definition) is 3. The summed E-state index contributed by atoms with van der Waals surface area (Å²) in [6, 6.07) is 3.96. The Labute approximate surface area is 82.2 Å². The van der Waals surface area contributed by atoms with Gasteiger partial charge in [-0.15, -0.1) is 10.2 Å². The fourth-order valence-corrected chi connectivity index (χ4v) is 1.45. The van der Waals surface area contributed by atoms with Crippen molar-refractivity contribution in [3.05, 3.63) is 29.7 Å². The molecular formula is C10H13N3O. The molecule has 0 bridgehead atoms. The standard InChI is InChI=1S/C10H13N3O/c1-8-4-5-10-12-11-9(3-2-6-14)13(10)7-8/h4-5,7,14H,2-3,6H2,1H3. The van der Waals surface area contributed by atoms with Gasteiger partial charge in [-0.1, -0.05) is 6.07 Å². The van der Waals surface area contributed by atoms with E-state index in [-0.39, 0.29) is 6.61 Å². The Morgan fingerprint density at radius 3 is 3.00 bits per heavy atom. The number of aryl methyl sites for hydroxylation is 2. The molecule has 0 amide bonds. The average molecular weight is 191 g/mol. The summed E-state index contributed by atoms with van der Waals surface area (Å²) in [6.45, 7) is 2.23. The first-order chi connectivity index (χ1) is 6.81. The van der Waals surface area contributed by atoms with Crippen molar-refractivity contribution in [3.8, 4) is 0 Å². The summed E-state index contributed by atoms with van der Waals surface area (Å²) >= 11 is 0. The Kier molecular flexibility index (Phi) is 2.45. The average Bonchev–Trinajstić information content (AvgIpc) is 2.57. The summed E-state index contributed by atoms with van der Waals surface area (Å²) in [5.41, 5.74) is 2.05. The maximum Gasteiger partial charge on any atom is 0.160 e. The van der Waals surface area contributed by atoms with Crippen LogP contribution in [0.25, 0.3) is 5.65 Å². The molecule has 2 rings (SSSR count). The van der Waals surface area contributed by atoms with Crippen LogP contribution in [-0.4, -0.2) is 26.3 Å². The SMILES string of the molecule is Cc1ccc2nnc(CCCO)n2c1. The van der Waals surface area contributed by atoms with Crippen LogP contribution in [0.1, 0.15) is 17.8 Å². The van der Waals surface area contributed by atoms with Crippen LogP contribution in [-0.2, 0) is 6.42 Å². The largest absolute Gasteiger partial charge is 0.396 e. The second kappa shape index (κ2) is 3.75. The van der Waals surface area contributed by atoms with Crippen molar-refractivity contribution < 1.29 is 5.11 Å². The number of aliphatic hydroxyl groups excluding tert-OH is 1. The third kappa shape index (κ3) is 1.61. The minimum Gasteiger partial charge on any atom is -0.396 e. The molecule has 0 spiro atoms. The van der Waals surface area contributed by atoms with Crippen LogP contribution in [0.2, 0.25) is 0 Å². The highest BCUT2D eigenvalue weighted by atomic mass is 16.2. The van der Waals surface area contributed by atoms with Gasteiger partial charge in [-0.3, -0.25) is 4.40 Å². The minimum absolute atomic E-state index is 0.195. The summed E-state index contributed by atoms with van der Waals surface area (Å²) in [4.78, 5) is 0. The summed E-state index contributed by atoms with van der Waals surface area (Å²) in [6.07, 6.45) is 3.51. The van der Waals surface area contributed by atoms with E-state index in [1.807, 2.05) is 29.7 Å². The molecular weight excluding hydrogens is 178 g/mol. The van der Waals surface area contributed by atoms with E-state index < -0.39 is 0 Å². The smallest absolute Gasteiger partial charge is 0.160 e. The van der Waals surface area contributed by atoms with Crippen molar-refractivity contribution in [1.82, 2.24) is 14.6 Å². The van der Waals surface area contributed by atoms with Gasteiger partial charge in [0.1, 0.15) is 5.82 Å². The molecule has 1 N–H and O–H groups in total. The molecule has 2 heterocycles. The highest BCUT2D eigenvalue weighted by Gasteiger charge is 2.03. The van der Waals surface area contributed by atoms with E-state index in [9.17, 15) is 0 Å². The van der Waals surface area contributed by atoms with E-state index in [4.69, 9.17) is 5.11 Å². The number of fused-ring (bicyclic) bond motifs is 1. The first-order valence-corrected chi connectivity index (χ1v) is 4.72. The molecule has 0 fully saturated rings. The number of nitrogens with zero attached hydrogens (tertiary/aromatic N) is 3. The molecule has 2 aromatic rings. The van der Waals surface area contributed by atoms with Gasteiger partial charge in [0, 0.05) is 19.2 Å². The zero-order chi connectivity index (χ0) is 9.97. The normalized spacial score (nSPS) is 11.0. The maximum atomic E-state index is 8.73. The lowest BCUT2D eigenvalue weighted by atomic mass is 10.3. The van der Waals surface area contributed by atoms with Gasteiger partial charge in [0.25, 0.3) is 0 Å². The van der Waals surface area contributed by atoms with E-state index in [1.54, 1.807) is 0 Å². The summed E-state index contributed by atoms with van der Waals surface area (Å²) < 4.78 is 1.98. The molecule has 14 heavy (non-hydrogen) atoms. The van der Waals surface area contributed by atoms with E-state index in [0.29, 0.717) is 0 Å². The first kappa shape index (κ1) is 9.15. The Balaban J connectivity index is 2.40. The molecule has 0 saturated carbocycles. The highest BCUT2D eigenvalue weighted by molar-refractivity contribution is 5.39. The molecule has 0 atom stereocenters. The van der Waals surface area contributed by atoms with Gasteiger partial charge in [0.05, 0.1) is 0 Å². The fourth-order valence-electron chi connectivity index (χ4n) is 1.45. The molecule has 4 heteroatoms. The van der Waals surface area contributed by atoms with E-state index in [2.05, 4.69) is 10.2 Å². The quantitative estimate of drug-likeness (QED) is 0.786. The van der Waals surface area contributed by atoms with Crippen LogP contribution in [0.15, 0.2) is 18.3 Å². The molecule has 74 valence electrons. The van der Waals surface area contributed by atoms with Gasteiger partial charge in [-0.25, -0.2) is 0 Å². The van der Waals surface area contributed by atoms with Crippen LogP contribution in [0, 0.1) is 6.92 Å². The number of rotatable bonds is 3. The summed E-state index contributed by atoms with van der Waals surface area (Å²) in [7, 11) is 0. The molecule has 0 aliphatic rings. The zero-order valence-corrected chi connectivity index (χ0v) is 8.14. The van der Waals surface area contributed by atoms with Crippen LogP contribution in [0.5, 0.6) is 0 Å². The molecule has 0 aliphatic heterocycles. The van der Waals surface area contributed by atoms with Crippen molar-refractivity contribution in [2.45, 2.75) is 19.8 Å². The Morgan fingerprint density at radius 1 is 1.36 bits per heavy atom. The van der Waals surface area contributed by atoms with Crippen molar-refractivity contribution in [2.75, 3.05) is 6.61 Å². The molecule has 2 aromatic heterocycles. The second-order valence-electron chi connectivity index (χ2n) is 3.38. The summed E-state index contributed by atoms with van der Waals surface area (Å²) in [5, 5.41) is 16.9. The van der Waals surface area contributed by atoms with Gasteiger partial charge in [0.15, 0.2) is 5.65 Å². The molecule has 0 aliphatic carbocycles. The second-order valence-corrected chi connectivity index (χ2v) is 3.38. The third-order valence-corrected chi connectivity index (χ3v) is 2.18. The van der Waals surface area contributed by atoms with Crippen LogP contribution in [0.3, 0.4) is 0 Å². The van der Waals surface area contributed by atoms with Crippen molar-refractivity contribution in [1.29, 1.82) is 0 Å². The number of aromatic nitrogens is 3. The zero-order valence-electron chi connectivity index (χ0n) is 8.14. The lowest BCUT2D eigenvalue weighted by Gasteiger charge is -1.99. The van der Waals surface area contributed by atoms with Gasteiger partial charge in [-0.2, -0.15) is 0 Å². The van der Waals surface area contributed by atoms with Crippen molar-refractivity contribution >= 4 is 5.65 Å². The topological polar surface area (TPSA) is 50.4 Å². The third-order valence-electron chi connectivity index (χ3n) is 2.18. The number of hydrogen-bond donors (Lipinski definition) is 1. The van der Waals surface area contributed by atoms with Gasteiger partial charge in [-0.05, 0) is 25.0 Å². The summed E-state index contributed by atoms with van der Waals surface area (Å²) in [5.74, 6) is 0.915. The molecule has 0 radical (unpaired) electrons. The van der Waals surface area contributed by atoms with Gasteiger partial charge >= 0.3 is 0 Å². The van der Waals surface area contributed by atoms with E-state index in [1.165, 1.54) is 5.56 Å². The Morgan fingerprint density at radius 2 is 2.21 bits per heavy atom. The Bertz CT molecular complexity index is 436. The lowest BCUT2D eigenvalue weighted by Crippen LogP contribution is -1.97. The highest BCUT2D eigenvalue weighted by Crippen LogP contribution is 2.07. The molecule has 4 nitrogen and oxygen atoms in total. The fraction of sp³-hybridized carbons (Fsp3) is 0.400. The van der Waals surface area contributed by atoms with Gasteiger partial charge in [0.2, 0.25) is 0 Å². The monoisotopic (exact) mass is 191 g/mol. The van der Waals surface area contributed by atoms with Crippen LogP contribution < -0.4 is 0 Å². The first-order valence-electron chi connectivity index (χ1n) is 4.72. The van der Waals surface area contributed by atoms with Crippen molar-refractivity contribution in [2.24, 2.45) is 0 Å². The van der Waals surface area contributed by atoms with E-state index >= 15 is 0 Å². The van der Waals surface area contributed by atoms with Crippen LogP contribution in [0.4, 0.5) is 0 Å². The van der Waals surface area contributed by atoms with Crippen molar-refractivity contribution in [3.63, 3.8) is 0 Å². The van der Waals surface area contributed by atoms with E-state index in [0.717, 1.165) is 24.3 Å². The molecule has 0 aromatic carbocycles. The van der Waals surface area contributed by atoms with Gasteiger partial charge < -0.3 is 5.11 Å². The van der Waals surface area contributed by atoms with Crippen LogP contribution >= 0.6 is 0 Å². The Hall–Kier alpha value is -1.42. The predicted molar refractivity (Wildman–Crippen MR) is 53.1 cm³/mol. The lowest BCUT2D eigenvalue weighted by molar-refractivity contribution is 0.287. The molecule has 0 unspecified atom stereocenters. The maximum absolute atomic E-state index is 8.73. The molecule has 0 saturated heterocycles. The predicted octanol–water partition coefficient (Wildman–Crippen LogP) is 0.963.